The number of phenols is 1. The predicted octanol–water partition coefficient (Wildman–Crippen LogP) is 5.22. The van der Waals surface area contributed by atoms with Gasteiger partial charge in [0, 0.05) is 11.3 Å². The Morgan fingerprint density at radius 1 is 0.897 bits per heavy atom. The molecule has 9 heteroatoms. The highest BCUT2D eigenvalue weighted by atomic mass is 31.2. The van der Waals surface area contributed by atoms with E-state index in [0.717, 1.165) is 5.56 Å². The van der Waals surface area contributed by atoms with Crippen LogP contribution in [0.2, 0.25) is 0 Å². The van der Waals surface area contributed by atoms with E-state index in [2.05, 4.69) is 0 Å². The lowest BCUT2D eigenvalue weighted by molar-refractivity contribution is -0.131. The average Bonchev–Trinajstić information content (AvgIpc) is 2.92. The standard InChI is InChI=1S/C30H27FNO6P/c31-22-9-11-23(12-10-22)32-29(26(30(32)35)16-17-27(33)20-4-2-1-3-5-20)21-8-15-25(28(34)18-21)19-6-13-24(14-7-19)39(36,37)38/h1-15,18,26-27,29,33-34H,16-17H2,(H2,36,37,38)/t26-,27+,29-/m1/s1. The van der Waals surface area contributed by atoms with E-state index in [1.807, 2.05) is 30.3 Å². The zero-order valence-corrected chi connectivity index (χ0v) is 21.7. The zero-order valence-electron chi connectivity index (χ0n) is 20.8. The fourth-order valence-electron chi connectivity index (χ4n) is 5.09. The largest absolute Gasteiger partial charge is 0.507 e. The molecule has 4 aromatic rings. The third-order valence-electron chi connectivity index (χ3n) is 7.13. The molecule has 0 unspecified atom stereocenters. The number of halogens is 1. The molecule has 200 valence electrons. The van der Waals surface area contributed by atoms with Gasteiger partial charge in [0.05, 0.1) is 23.4 Å². The summed E-state index contributed by atoms with van der Waals surface area (Å²) in [7, 11) is -4.39. The van der Waals surface area contributed by atoms with Crippen molar-refractivity contribution < 1.29 is 33.7 Å². The van der Waals surface area contributed by atoms with Gasteiger partial charge in [-0.3, -0.25) is 9.36 Å². The lowest BCUT2D eigenvalue weighted by Gasteiger charge is -2.48. The second-order valence-electron chi connectivity index (χ2n) is 9.61. The number of β-lactam (4-membered cyclic amide) rings is 1. The van der Waals surface area contributed by atoms with E-state index in [4.69, 9.17) is 0 Å². The summed E-state index contributed by atoms with van der Waals surface area (Å²) in [5.41, 5.74) is 3.00. The maximum Gasteiger partial charge on any atom is 0.356 e. The summed E-state index contributed by atoms with van der Waals surface area (Å²) >= 11 is 0. The second kappa shape index (κ2) is 10.8. The summed E-state index contributed by atoms with van der Waals surface area (Å²) in [4.78, 5) is 33.6. The highest BCUT2D eigenvalue weighted by Crippen LogP contribution is 2.47. The Kier molecular flexibility index (Phi) is 7.38. The van der Waals surface area contributed by atoms with E-state index in [-0.39, 0.29) is 17.0 Å². The molecular formula is C30H27FNO6P. The van der Waals surface area contributed by atoms with Crippen LogP contribution in [0.1, 0.15) is 36.1 Å². The van der Waals surface area contributed by atoms with Gasteiger partial charge in [0.25, 0.3) is 0 Å². The van der Waals surface area contributed by atoms with Gasteiger partial charge in [-0.2, -0.15) is 0 Å². The Hall–Kier alpha value is -3.81. The van der Waals surface area contributed by atoms with Gasteiger partial charge in [-0.1, -0.05) is 54.6 Å². The number of carbonyl (C=O) groups excluding carboxylic acids is 1. The van der Waals surface area contributed by atoms with E-state index in [9.17, 15) is 33.7 Å². The van der Waals surface area contributed by atoms with Gasteiger partial charge in [-0.05, 0) is 72.0 Å². The fourth-order valence-corrected chi connectivity index (χ4v) is 5.63. The first kappa shape index (κ1) is 26.8. The molecule has 0 spiro atoms. The Morgan fingerprint density at radius 2 is 1.56 bits per heavy atom. The van der Waals surface area contributed by atoms with Crippen molar-refractivity contribution in [3.63, 3.8) is 0 Å². The Morgan fingerprint density at radius 3 is 2.18 bits per heavy atom. The molecule has 0 bridgehead atoms. The highest BCUT2D eigenvalue weighted by molar-refractivity contribution is 7.60. The minimum absolute atomic E-state index is 0.0575. The van der Waals surface area contributed by atoms with Gasteiger partial charge < -0.3 is 24.9 Å². The van der Waals surface area contributed by atoms with Crippen LogP contribution in [0.3, 0.4) is 0 Å². The molecule has 0 aromatic heterocycles. The first-order valence-corrected chi connectivity index (χ1v) is 14.1. The van der Waals surface area contributed by atoms with E-state index >= 15 is 0 Å². The Bertz CT molecular complexity index is 1520. The lowest BCUT2D eigenvalue weighted by Crippen LogP contribution is -2.55. The SMILES string of the molecule is O=C1[C@H](CC[C@H](O)c2ccccc2)[C@@H](c2ccc(-c3ccc(P(=O)(O)O)cc3)c(O)c2)N1c1ccc(F)cc1. The van der Waals surface area contributed by atoms with Crippen LogP contribution in [0, 0.1) is 11.7 Å². The van der Waals surface area contributed by atoms with Crippen LogP contribution in [-0.2, 0) is 9.36 Å². The molecule has 0 aliphatic carbocycles. The molecule has 0 saturated carbocycles. The monoisotopic (exact) mass is 547 g/mol. The highest BCUT2D eigenvalue weighted by Gasteiger charge is 2.48. The summed E-state index contributed by atoms with van der Waals surface area (Å²) < 4.78 is 25.1. The van der Waals surface area contributed by atoms with Crippen molar-refractivity contribution in [1.82, 2.24) is 0 Å². The molecule has 1 amide bonds. The molecule has 39 heavy (non-hydrogen) atoms. The molecule has 1 aliphatic heterocycles. The van der Waals surface area contributed by atoms with Crippen LogP contribution in [0.5, 0.6) is 5.75 Å². The number of aromatic hydroxyl groups is 1. The van der Waals surface area contributed by atoms with E-state index in [0.29, 0.717) is 35.2 Å². The van der Waals surface area contributed by atoms with Gasteiger partial charge in [0.15, 0.2) is 0 Å². The topological polar surface area (TPSA) is 118 Å². The Labute approximate surface area is 225 Å². The number of hydrogen-bond donors (Lipinski definition) is 4. The summed E-state index contributed by atoms with van der Waals surface area (Å²) in [5.74, 6) is -1.08. The summed E-state index contributed by atoms with van der Waals surface area (Å²) in [5, 5.41) is 21.5. The minimum atomic E-state index is -4.39. The van der Waals surface area contributed by atoms with E-state index in [1.165, 1.54) is 48.5 Å². The third-order valence-corrected chi connectivity index (χ3v) is 8.10. The molecule has 7 nitrogen and oxygen atoms in total. The number of hydrogen-bond acceptors (Lipinski definition) is 4. The van der Waals surface area contributed by atoms with E-state index in [1.54, 1.807) is 23.1 Å². The summed E-state index contributed by atoms with van der Waals surface area (Å²) in [6.45, 7) is 0. The predicted molar refractivity (Wildman–Crippen MR) is 146 cm³/mol. The average molecular weight is 548 g/mol. The molecule has 0 radical (unpaired) electrons. The molecule has 4 aromatic carbocycles. The smallest absolute Gasteiger partial charge is 0.356 e. The van der Waals surface area contributed by atoms with Crippen molar-refractivity contribution in [2.24, 2.45) is 5.92 Å². The first-order chi connectivity index (χ1) is 18.6. The maximum atomic E-state index is 13.6. The lowest BCUT2D eigenvalue weighted by atomic mass is 9.78. The number of phenolic OH excluding ortho intramolecular Hbond substituents is 1. The van der Waals surface area contributed by atoms with Crippen LogP contribution >= 0.6 is 7.60 Å². The molecule has 1 heterocycles. The van der Waals surface area contributed by atoms with E-state index < -0.39 is 31.5 Å². The number of nitrogens with zero attached hydrogens (tertiary/aromatic N) is 1. The quantitative estimate of drug-likeness (QED) is 0.178. The Balaban J connectivity index is 1.43. The van der Waals surface area contributed by atoms with Crippen LogP contribution in [0.4, 0.5) is 10.1 Å². The van der Waals surface area contributed by atoms with Gasteiger partial charge in [-0.15, -0.1) is 0 Å². The number of aliphatic hydroxyl groups excluding tert-OH is 1. The number of anilines is 1. The van der Waals surface area contributed by atoms with Crippen molar-refractivity contribution in [3.05, 3.63) is 114 Å². The zero-order chi connectivity index (χ0) is 27.7. The number of benzene rings is 4. The van der Waals surface area contributed by atoms with Crippen molar-refractivity contribution >= 4 is 24.5 Å². The minimum Gasteiger partial charge on any atom is -0.507 e. The summed E-state index contributed by atoms with van der Waals surface area (Å²) in [6.07, 6.45) is 0.0414. The van der Waals surface area contributed by atoms with Gasteiger partial charge in [0.2, 0.25) is 5.91 Å². The normalized spacial score (nSPS) is 18.1. The number of carbonyl (C=O) groups is 1. The maximum absolute atomic E-state index is 13.6. The first-order valence-electron chi connectivity index (χ1n) is 12.4. The van der Waals surface area contributed by atoms with Crippen LogP contribution in [0.25, 0.3) is 11.1 Å². The molecule has 4 N–H and O–H groups in total. The van der Waals surface area contributed by atoms with Gasteiger partial charge >= 0.3 is 7.60 Å². The van der Waals surface area contributed by atoms with Crippen LogP contribution < -0.4 is 10.2 Å². The molecule has 1 fully saturated rings. The number of aliphatic hydroxyl groups is 1. The molecular weight excluding hydrogens is 520 g/mol. The molecule has 3 atom stereocenters. The van der Waals surface area contributed by atoms with Crippen LogP contribution in [-0.4, -0.2) is 25.9 Å². The van der Waals surface area contributed by atoms with Crippen molar-refractivity contribution in [1.29, 1.82) is 0 Å². The number of amides is 1. The van der Waals surface area contributed by atoms with Crippen molar-refractivity contribution in [3.8, 4) is 16.9 Å². The van der Waals surface area contributed by atoms with Crippen LogP contribution in [0.15, 0.2) is 97.1 Å². The number of rotatable bonds is 8. The molecule has 5 rings (SSSR count). The van der Waals surface area contributed by atoms with Crippen molar-refractivity contribution in [2.75, 3.05) is 4.90 Å². The summed E-state index contributed by atoms with van der Waals surface area (Å²) in [6, 6.07) is 25.1. The third kappa shape index (κ3) is 5.51. The molecule has 1 aliphatic rings. The second-order valence-corrected chi connectivity index (χ2v) is 11.2. The van der Waals surface area contributed by atoms with Gasteiger partial charge in [0.1, 0.15) is 11.6 Å². The fraction of sp³-hybridized carbons (Fsp3) is 0.167. The molecule has 1 saturated heterocycles. The van der Waals surface area contributed by atoms with Gasteiger partial charge in [-0.25, -0.2) is 4.39 Å². The van der Waals surface area contributed by atoms with Crippen molar-refractivity contribution in [2.45, 2.75) is 25.0 Å².